The van der Waals surface area contributed by atoms with Gasteiger partial charge < -0.3 is 14.8 Å². The number of pyridine rings is 1. The summed E-state index contributed by atoms with van der Waals surface area (Å²) >= 11 is 1.94. The maximum absolute atomic E-state index is 4.22. The Hall–Kier alpha value is -3.37. The number of nitrogens with zero attached hydrogens (tertiary/aromatic N) is 3. The van der Waals surface area contributed by atoms with Gasteiger partial charge in [-0.05, 0) is 58.8 Å². The van der Waals surface area contributed by atoms with E-state index in [9.17, 15) is 0 Å². The Kier molecular flexibility index (Phi) is 8.97. The van der Waals surface area contributed by atoms with Crippen LogP contribution in [0.3, 0.4) is 0 Å². The van der Waals surface area contributed by atoms with Crippen LogP contribution < -0.4 is 9.80 Å². The van der Waals surface area contributed by atoms with Crippen LogP contribution in [0.5, 0.6) is 0 Å². The van der Waals surface area contributed by atoms with Gasteiger partial charge in [0.05, 0.1) is 0 Å². The number of aromatic nitrogens is 1. The van der Waals surface area contributed by atoms with Gasteiger partial charge in [-0.2, -0.15) is 23.9 Å². The molecule has 0 spiro atoms. The molecule has 0 saturated heterocycles. The molecule has 0 atom stereocenters. The Labute approximate surface area is 299 Å². The summed E-state index contributed by atoms with van der Waals surface area (Å²) in [7, 11) is 0. The average molecular weight is 813 g/mol. The van der Waals surface area contributed by atoms with E-state index in [1.54, 1.807) is 6.20 Å². The third kappa shape index (κ3) is 6.19. The molecule has 0 saturated carbocycles. The summed E-state index contributed by atoms with van der Waals surface area (Å²) < 4.78 is 0. The Bertz CT molecular complexity index is 1840. The minimum absolute atomic E-state index is 0. The smallest absolute Gasteiger partial charge is 0.492 e. The van der Waals surface area contributed by atoms with E-state index in [0.717, 1.165) is 11.3 Å². The Balaban J connectivity index is 0.000000250. The fourth-order valence-electron chi connectivity index (χ4n) is 6.83. The summed E-state index contributed by atoms with van der Waals surface area (Å²) in [6, 6.07) is 38.6. The van der Waals surface area contributed by atoms with Crippen LogP contribution in [0.25, 0.3) is 11.3 Å². The van der Waals surface area contributed by atoms with Gasteiger partial charge in [0, 0.05) is 28.2 Å². The van der Waals surface area contributed by atoms with Crippen molar-refractivity contribution >= 4 is 34.5 Å². The van der Waals surface area contributed by atoms with E-state index >= 15 is 0 Å². The monoisotopic (exact) mass is 813 g/mol. The molecule has 5 aromatic rings. The zero-order chi connectivity index (χ0) is 32.3. The molecule has 3 heterocycles. The van der Waals surface area contributed by atoms with Crippen LogP contribution in [0.4, 0.5) is 22.7 Å². The number of hydrogen-bond acceptors (Lipinski definition) is 4. The van der Waals surface area contributed by atoms with Crippen LogP contribution in [-0.4, -0.2) is 4.98 Å². The molecule has 0 amide bonds. The van der Waals surface area contributed by atoms with Crippen molar-refractivity contribution in [3.05, 3.63) is 133 Å². The first-order valence-electron chi connectivity index (χ1n) is 16.3. The van der Waals surface area contributed by atoms with Crippen molar-refractivity contribution in [2.75, 3.05) is 9.80 Å². The van der Waals surface area contributed by atoms with Crippen molar-refractivity contribution < 1.29 is 20.1 Å². The molecule has 0 radical (unpaired) electrons. The number of benzene rings is 4. The normalized spacial score (nSPS) is 16.6. The van der Waals surface area contributed by atoms with E-state index in [2.05, 4.69) is 131 Å². The van der Waals surface area contributed by atoms with E-state index in [-0.39, 0.29) is 36.4 Å². The fraction of sp³-hybridized carbons (Fsp3) is 0.286. The molecule has 240 valence electrons. The topological polar surface area (TPSA) is 19.4 Å². The fourth-order valence-corrected chi connectivity index (χ4v) is 8.24. The number of para-hydroxylation sites is 1. The summed E-state index contributed by atoms with van der Waals surface area (Å²) in [5.41, 5.74) is 11.8. The van der Waals surface area contributed by atoms with Crippen LogP contribution in [0, 0.1) is 18.8 Å². The number of rotatable bonds is 2. The van der Waals surface area contributed by atoms with Gasteiger partial charge in [-0.25, -0.2) is 0 Å². The largest absolute Gasteiger partial charge is 3.00 e. The SMILES string of the molecule is CC(C)(C)c1ccc(N2[CH-]N3c4[c-]cc5c(c4Sc4cccc2c43)C(C)(C)CCC5(C)C)cc1.[Ir+3].[c-]1ccccc1-c1ccccn1. The van der Waals surface area contributed by atoms with E-state index in [4.69, 9.17) is 0 Å². The van der Waals surface area contributed by atoms with E-state index in [1.165, 1.54) is 62.1 Å². The van der Waals surface area contributed by atoms with Gasteiger partial charge in [0.15, 0.2) is 0 Å². The third-order valence-corrected chi connectivity index (χ3v) is 10.8. The summed E-state index contributed by atoms with van der Waals surface area (Å²) in [5.74, 6) is 0. The second-order valence-electron chi connectivity index (χ2n) is 14.9. The molecule has 0 N–H and O–H groups in total. The minimum Gasteiger partial charge on any atom is -0.492 e. The molecular weight excluding hydrogens is 771 g/mol. The van der Waals surface area contributed by atoms with Crippen LogP contribution in [-0.2, 0) is 36.4 Å². The molecule has 0 bridgehead atoms. The molecule has 0 unspecified atom stereocenters. The number of fused-ring (bicyclic) bond motifs is 4. The van der Waals surface area contributed by atoms with Gasteiger partial charge in [0.25, 0.3) is 0 Å². The molecule has 0 fully saturated rings. The zero-order valence-electron chi connectivity index (χ0n) is 28.3. The van der Waals surface area contributed by atoms with Gasteiger partial charge in [-0.3, -0.25) is 0 Å². The first-order valence-corrected chi connectivity index (χ1v) is 17.1. The predicted molar refractivity (Wildman–Crippen MR) is 193 cm³/mol. The van der Waals surface area contributed by atoms with Crippen molar-refractivity contribution in [2.24, 2.45) is 0 Å². The Morgan fingerprint density at radius 3 is 2.23 bits per heavy atom. The molecule has 8 rings (SSSR count). The summed E-state index contributed by atoms with van der Waals surface area (Å²) in [4.78, 5) is 11.7. The Morgan fingerprint density at radius 1 is 0.809 bits per heavy atom. The molecule has 3 aliphatic rings. The summed E-state index contributed by atoms with van der Waals surface area (Å²) in [5, 5.41) is 0. The molecular formula is C42H42IrN3S. The molecule has 47 heavy (non-hydrogen) atoms. The van der Waals surface area contributed by atoms with E-state index < -0.39 is 0 Å². The molecule has 4 aromatic carbocycles. The zero-order valence-corrected chi connectivity index (χ0v) is 31.5. The van der Waals surface area contributed by atoms with Crippen molar-refractivity contribution in [1.29, 1.82) is 0 Å². The second-order valence-corrected chi connectivity index (χ2v) is 15.9. The molecule has 5 heteroatoms. The quantitative estimate of drug-likeness (QED) is 0.165. The first kappa shape index (κ1) is 33.5. The van der Waals surface area contributed by atoms with Crippen molar-refractivity contribution in [2.45, 2.75) is 87.3 Å². The maximum atomic E-state index is 4.22. The molecule has 3 nitrogen and oxygen atoms in total. The van der Waals surface area contributed by atoms with Crippen LogP contribution in [0.15, 0.2) is 107 Å². The number of hydrogen-bond donors (Lipinski definition) is 0. The van der Waals surface area contributed by atoms with Crippen LogP contribution in [0.1, 0.15) is 78.0 Å². The molecule has 1 aliphatic carbocycles. The van der Waals surface area contributed by atoms with Gasteiger partial charge in [-0.1, -0.05) is 101 Å². The Morgan fingerprint density at radius 2 is 1.55 bits per heavy atom. The first-order chi connectivity index (χ1) is 21.9. The van der Waals surface area contributed by atoms with Crippen molar-refractivity contribution in [3.8, 4) is 11.3 Å². The minimum atomic E-state index is 0. The summed E-state index contributed by atoms with van der Waals surface area (Å²) in [6.45, 7) is 18.7. The standard InChI is InChI=1S/C31H34N2S.C11H8N.Ir/c1-29(2,3)20-11-13-21(14-12-20)32-19-33-24-16-15-22-26(31(6,7)18-17-30(22,4)5)28(24)34-25-10-8-9-23(32)27(25)33;1-2-6-10(7-3-1)11-8-4-5-9-12-11;/h8-15,19H,17-18H2,1-7H3;1-6,8-9H;/q-2;-1;+3. The molecule has 1 aromatic heterocycles. The molecule has 2 aliphatic heterocycles. The summed E-state index contributed by atoms with van der Waals surface area (Å²) in [6.07, 6.45) is 4.22. The second kappa shape index (κ2) is 12.6. The van der Waals surface area contributed by atoms with Gasteiger partial charge in [0.2, 0.25) is 0 Å². The van der Waals surface area contributed by atoms with Crippen LogP contribution >= 0.6 is 11.8 Å². The third-order valence-electron chi connectivity index (χ3n) is 9.67. The van der Waals surface area contributed by atoms with Crippen molar-refractivity contribution in [3.63, 3.8) is 0 Å². The van der Waals surface area contributed by atoms with Crippen molar-refractivity contribution in [1.82, 2.24) is 4.98 Å². The van der Waals surface area contributed by atoms with Crippen LogP contribution in [0.2, 0.25) is 0 Å². The predicted octanol–water partition coefficient (Wildman–Crippen LogP) is 11.6. The number of anilines is 4. The van der Waals surface area contributed by atoms with Gasteiger partial charge in [0.1, 0.15) is 0 Å². The average Bonchev–Trinajstić information content (AvgIpc) is 3.45. The van der Waals surface area contributed by atoms with E-state index in [0.29, 0.717) is 0 Å². The van der Waals surface area contributed by atoms with Gasteiger partial charge in [-0.15, -0.1) is 53.7 Å². The maximum Gasteiger partial charge on any atom is 3.00 e. The van der Waals surface area contributed by atoms with E-state index in [1.807, 2.05) is 54.2 Å². The van der Waals surface area contributed by atoms with Gasteiger partial charge >= 0.3 is 20.1 Å².